The summed E-state index contributed by atoms with van der Waals surface area (Å²) in [6.45, 7) is 4.38. The lowest BCUT2D eigenvalue weighted by atomic mass is 10.1. The Morgan fingerprint density at radius 1 is 1.00 bits per heavy atom. The average molecular weight is 339 g/mol. The third-order valence-corrected chi connectivity index (χ3v) is 4.69. The number of carbonyl (C=O) groups is 1. The molecule has 1 aliphatic heterocycles. The highest BCUT2D eigenvalue weighted by Gasteiger charge is 2.21. The first kappa shape index (κ1) is 17.3. The zero-order valence-electron chi connectivity index (χ0n) is 14.6. The number of nitrogen functional groups attached to an aromatic ring is 1. The number of methoxy groups -OCH3 is 1. The van der Waals surface area contributed by atoms with Gasteiger partial charge in [-0.2, -0.15) is 0 Å². The molecule has 0 aliphatic carbocycles. The maximum atomic E-state index is 12.5. The summed E-state index contributed by atoms with van der Waals surface area (Å²) < 4.78 is 5.19. The molecule has 0 aromatic heterocycles. The number of amides is 1. The normalized spacial score (nSPS) is 15.2. The van der Waals surface area contributed by atoms with Crippen molar-refractivity contribution in [2.45, 2.75) is 6.42 Å². The smallest absolute Gasteiger partial charge is 0.253 e. The van der Waals surface area contributed by atoms with E-state index in [1.165, 1.54) is 5.56 Å². The second kappa shape index (κ2) is 8.03. The zero-order valence-corrected chi connectivity index (χ0v) is 14.6. The van der Waals surface area contributed by atoms with Crippen LogP contribution in [-0.4, -0.2) is 55.5 Å². The highest BCUT2D eigenvalue weighted by atomic mass is 16.5. The molecule has 1 amide bonds. The maximum absolute atomic E-state index is 12.5. The van der Waals surface area contributed by atoms with Gasteiger partial charge in [0.1, 0.15) is 5.75 Å². The number of nitrogens with zero attached hydrogens (tertiary/aromatic N) is 2. The van der Waals surface area contributed by atoms with Crippen molar-refractivity contribution in [2.24, 2.45) is 0 Å². The first-order valence-corrected chi connectivity index (χ1v) is 8.66. The molecule has 0 unspecified atom stereocenters. The number of hydrogen-bond acceptors (Lipinski definition) is 4. The summed E-state index contributed by atoms with van der Waals surface area (Å²) in [4.78, 5) is 16.9. The van der Waals surface area contributed by atoms with E-state index in [1.54, 1.807) is 31.4 Å². The Labute approximate surface area is 149 Å². The number of rotatable bonds is 5. The molecule has 3 rings (SSSR count). The molecular weight excluding hydrogens is 314 g/mol. The number of benzene rings is 2. The molecule has 1 saturated heterocycles. The number of piperazine rings is 1. The Bertz CT molecular complexity index is 690. The van der Waals surface area contributed by atoms with Crippen LogP contribution in [0.1, 0.15) is 15.9 Å². The summed E-state index contributed by atoms with van der Waals surface area (Å²) in [5.74, 6) is 0.980. The van der Waals surface area contributed by atoms with Crippen molar-refractivity contribution in [1.29, 1.82) is 0 Å². The summed E-state index contributed by atoms with van der Waals surface area (Å²) in [5.41, 5.74) is 8.38. The minimum absolute atomic E-state index is 0.0924. The van der Waals surface area contributed by atoms with Gasteiger partial charge >= 0.3 is 0 Å². The number of nitrogens with two attached hydrogens (primary N) is 1. The zero-order chi connectivity index (χ0) is 17.6. The first-order valence-electron chi connectivity index (χ1n) is 8.66. The Morgan fingerprint density at radius 2 is 1.64 bits per heavy atom. The second-order valence-electron chi connectivity index (χ2n) is 6.35. The van der Waals surface area contributed by atoms with E-state index in [4.69, 9.17) is 10.5 Å². The Hall–Kier alpha value is -2.53. The quantitative estimate of drug-likeness (QED) is 0.849. The molecule has 132 valence electrons. The van der Waals surface area contributed by atoms with Gasteiger partial charge in [0.25, 0.3) is 5.91 Å². The van der Waals surface area contributed by atoms with Crippen molar-refractivity contribution in [2.75, 3.05) is 45.6 Å². The van der Waals surface area contributed by atoms with E-state index in [0.29, 0.717) is 11.3 Å². The minimum Gasteiger partial charge on any atom is -0.497 e. The van der Waals surface area contributed by atoms with Gasteiger partial charge in [0.15, 0.2) is 0 Å². The van der Waals surface area contributed by atoms with Gasteiger partial charge in [0.2, 0.25) is 0 Å². The average Bonchev–Trinajstić information content (AvgIpc) is 2.67. The predicted octanol–water partition coefficient (Wildman–Crippen LogP) is 2.28. The van der Waals surface area contributed by atoms with E-state index >= 15 is 0 Å². The van der Waals surface area contributed by atoms with Gasteiger partial charge in [0, 0.05) is 44.0 Å². The molecule has 1 heterocycles. The molecule has 0 atom stereocenters. The van der Waals surface area contributed by atoms with Crippen LogP contribution in [0.15, 0.2) is 48.5 Å². The van der Waals surface area contributed by atoms with E-state index in [-0.39, 0.29) is 5.91 Å². The lowest BCUT2D eigenvalue weighted by Crippen LogP contribution is -2.49. The SMILES string of the molecule is COc1ccc(CCN2CCN(C(=O)c3ccc(N)cc3)CC2)cc1. The molecule has 2 aromatic carbocycles. The molecule has 1 fully saturated rings. The summed E-state index contributed by atoms with van der Waals surface area (Å²) >= 11 is 0. The fraction of sp³-hybridized carbons (Fsp3) is 0.350. The van der Waals surface area contributed by atoms with Crippen LogP contribution in [-0.2, 0) is 6.42 Å². The van der Waals surface area contributed by atoms with Crippen LogP contribution in [0.5, 0.6) is 5.75 Å². The standard InChI is InChI=1S/C20H25N3O2/c1-25-19-8-2-16(3-9-19)10-11-22-12-14-23(15-13-22)20(24)17-4-6-18(21)7-5-17/h2-9H,10-15,21H2,1H3. The largest absolute Gasteiger partial charge is 0.497 e. The van der Waals surface area contributed by atoms with Crippen molar-refractivity contribution in [3.05, 3.63) is 59.7 Å². The number of anilines is 1. The topological polar surface area (TPSA) is 58.8 Å². The van der Waals surface area contributed by atoms with Crippen molar-refractivity contribution in [1.82, 2.24) is 9.80 Å². The number of carbonyl (C=O) groups excluding carboxylic acids is 1. The second-order valence-corrected chi connectivity index (χ2v) is 6.35. The van der Waals surface area contributed by atoms with E-state index in [1.807, 2.05) is 17.0 Å². The third kappa shape index (κ3) is 4.51. The fourth-order valence-electron chi connectivity index (χ4n) is 3.06. The molecular formula is C20H25N3O2. The van der Waals surface area contributed by atoms with Crippen LogP contribution in [0.4, 0.5) is 5.69 Å². The van der Waals surface area contributed by atoms with E-state index in [2.05, 4.69) is 17.0 Å². The monoisotopic (exact) mass is 339 g/mol. The highest BCUT2D eigenvalue weighted by molar-refractivity contribution is 5.94. The molecule has 0 radical (unpaired) electrons. The van der Waals surface area contributed by atoms with Crippen LogP contribution < -0.4 is 10.5 Å². The van der Waals surface area contributed by atoms with E-state index < -0.39 is 0 Å². The summed E-state index contributed by atoms with van der Waals surface area (Å²) in [6, 6.07) is 15.4. The molecule has 0 bridgehead atoms. The van der Waals surface area contributed by atoms with Gasteiger partial charge in [-0.25, -0.2) is 0 Å². The molecule has 1 aliphatic rings. The molecule has 25 heavy (non-hydrogen) atoms. The lowest BCUT2D eigenvalue weighted by molar-refractivity contribution is 0.0638. The fourth-order valence-corrected chi connectivity index (χ4v) is 3.06. The van der Waals surface area contributed by atoms with Crippen molar-refractivity contribution in [3.63, 3.8) is 0 Å². The van der Waals surface area contributed by atoms with Crippen molar-refractivity contribution < 1.29 is 9.53 Å². The molecule has 2 aromatic rings. The Morgan fingerprint density at radius 3 is 2.24 bits per heavy atom. The summed E-state index contributed by atoms with van der Waals surface area (Å²) in [5, 5.41) is 0. The van der Waals surface area contributed by atoms with Crippen molar-refractivity contribution in [3.8, 4) is 5.75 Å². The van der Waals surface area contributed by atoms with Crippen molar-refractivity contribution >= 4 is 11.6 Å². The van der Waals surface area contributed by atoms with Crippen LogP contribution in [0, 0.1) is 0 Å². The third-order valence-electron chi connectivity index (χ3n) is 4.69. The molecule has 5 heteroatoms. The van der Waals surface area contributed by atoms with Gasteiger partial charge in [-0.15, -0.1) is 0 Å². The molecule has 5 nitrogen and oxygen atoms in total. The lowest BCUT2D eigenvalue weighted by Gasteiger charge is -2.34. The van der Waals surface area contributed by atoms with Gasteiger partial charge < -0.3 is 15.4 Å². The molecule has 2 N–H and O–H groups in total. The maximum Gasteiger partial charge on any atom is 0.253 e. The van der Waals surface area contributed by atoms with Crippen LogP contribution >= 0.6 is 0 Å². The number of ether oxygens (including phenoxy) is 1. The summed E-state index contributed by atoms with van der Waals surface area (Å²) in [7, 11) is 1.68. The molecule has 0 saturated carbocycles. The van der Waals surface area contributed by atoms with Crippen LogP contribution in [0.3, 0.4) is 0 Å². The number of hydrogen-bond donors (Lipinski definition) is 1. The van der Waals surface area contributed by atoms with E-state index in [0.717, 1.165) is 44.9 Å². The highest BCUT2D eigenvalue weighted by Crippen LogP contribution is 2.14. The summed E-state index contributed by atoms with van der Waals surface area (Å²) in [6.07, 6.45) is 1.01. The van der Waals surface area contributed by atoms with Gasteiger partial charge in [-0.05, 0) is 48.4 Å². The first-order chi connectivity index (χ1) is 12.2. The van der Waals surface area contributed by atoms with Crippen LogP contribution in [0.25, 0.3) is 0 Å². The van der Waals surface area contributed by atoms with Crippen LogP contribution in [0.2, 0.25) is 0 Å². The minimum atomic E-state index is 0.0924. The van der Waals surface area contributed by atoms with Gasteiger partial charge in [-0.3, -0.25) is 9.69 Å². The molecule has 0 spiro atoms. The predicted molar refractivity (Wildman–Crippen MR) is 99.9 cm³/mol. The van der Waals surface area contributed by atoms with E-state index in [9.17, 15) is 4.79 Å². The Kier molecular flexibility index (Phi) is 5.56. The van der Waals surface area contributed by atoms with Gasteiger partial charge in [0.05, 0.1) is 7.11 Å². The van der Waals surface area contributed by atoms with Gasteiger partial charge in [-0.1, -0.05) is 12.1 Å². The Balaban J connectivity index is 1.46.